The van der Waals surface area contributed by atoms with E-state index in [9.17, 15) is 4.79 Å². The van der Waals surface area contributed by atoms with Gasteiger partial charge in [-0.3, -0.25) is 9.48 Å². The quantitative estimate of drug-likeness (QED) is 0.501. The zero-order valence-corrected chi connectivity index (χ0v) is 17.9. The third kappa shape index (κ3) is 3.95. The Morgan fingerprint density at radius 3 is 2.57 bits per heavy atom. The summed E-state index contributed by atoms with van der Waals surface area (Å²) in [5, 5.41) is 19.4. The number of nitriles is 1. The lowest BCUT2D eigenvalue weighted by molar-refractivity contribution is -0.114. The maximum Gasteiger partial charge on any atom is 0.280 e. The molecule has 0 unspecified atom stereocenters. The van der Waals surface area contributed by atoms with Crippen LogP contribution in [0.3, 0.4) is 0 Å². The molecule has 2 heterocycles. The normalized spacial score (nSPS) is 14.8. The summed E-state index contributed by atoms with van der Waals surface area (Å²) >= 11 is 3.45. The first kappa shape index (κ1) is 19.8. The first-order valence-corrected chi connectivity index (χ1v) is 10.2. The lowest BCUT2D eigenvalue weighted by Gasteiger charge is -2.11. The molecule has 0 saturated heterocycles. The van der Waals surface area contributed by atoms with Crippen molar-refractivity contribution in [2.45, 2.75) is 19.9 Å². The summed E-state index contributed by atoms with van der Waals surface area (Å²) in [6, 6.07) is 19.3. The lowest BCUT2D eigenvalue weighted by Crippen LogP contribution is -2.21. The van der Waals surface area contributed by atoms with Crippen molar-refractivity contribution in [3.8, 4) is 17.3 Å². The molecule has 0 radical (unpaired) electrons. The molecular formula is C23H18BrN5O. The summed E-state index contributed by atoms with van der Waals surface area (Å²) in [4.78, 5) is 13.1. The number of aromatic nitrogens is 2. The van der Waals surface area contributed by atoms with E-state index >= 15 is 0 Å². The highest BCUT2D eigenvalue weighted by Gasteiger charge is 2.29. The van der Waals surface area contributed by atoms with Crippen LogP contribution in [-0.2, 0) is 11.3 Å². The number of hydrazone groups is 1. The molecule has 0 N–H and O–H groups in total. The summed E-state index contributed by atoms with van der Waals surface area (Å²) in [6.07, 6.45) is 4.06. The van der Waals surface area contributed by atoms with E-state index in [-0.39, 0.29) is 5.91 Å². The minimum absolute atomic E-state index is 0.176. The van der Waals surface area contributed by atoms with Gasteiger partial charge in [-0.25, -0.2) is 0 Å². The van der Waals surface area contributed by atoms with Gasteiger partial charge < -0.3 is 0 Å². The number of halogens is 1. The highest BCUT2D eigenvalue weighted by molar-refractivity contribution is 9.10. The highest BCUT2D eigenvalue weighted by Crippen LogP contribution is 2.29. The van der Waals surface area contributed by atoms with Crippen molar-refractivity contribution in [1.29, 1.82) is 5.26 Å². The van der Waals surface area contributed by atoms with Gasteiger partial charge in [-0.2, -0.15) is 20.5 Å². The van der Waals surface area contributed by atoms with Crippen LogP contribution in [0.15, 0.2) is 75.9 Å². The molecule has 148 valence electrons. The van der Waals surface area contributed by atoms with Crippen molar-refractivity contribution in [1.82, 2.24) is 9.78 Å². The Hall–Kier alpha value is -3.50. The molecule has 1 aliphatic heterocycles. The number of rotatable bonds is 5. The van der Waals surface area contributed by atoms with Crippen LogP contribution in [0.25, 0.3) is 17.3 Å². The van der Waals surface area contributed by atoms with Crippen LogP contribution >= 0.6 is 15.9 Å². The molecule has 1 amide bonds. The molecule has 30 heavy (non-hydrogen) atoms. The van der Waals surface area contributed by atoms with Crippen molar-refractivity contribution >= 4 is 39.3 Å². The van der Waals surface area contributed by atoms with E-state index in [1.54, 1.807) is 4.68 Å². The molecule has 4 rings (SSSR count). The SMILES string of the molecule is CC1=NN(c2ccccc2)C(=O)/C1=C/c1cn(CCC#N)nc1-c1ccc(Br)cc1. The average Bonchev–Trinajstić information content (AvgIpc) is 3.29. The van der Waals surface area contributed by atoms with Crippen LogP contribution in [0.1, 0.15) is 18.9 Å². The van der Waals surface area contributed by atoms with E-state index in [1.807, 2.05) is 73.8 Å². The van der Waals surface area contributed by atoms with Crippen LogP contribution in [-0.4, -0.2) is 21.4 Å². The maximum atomic E-state index is 13.1. The van der Waals surface area contributed by atoms with Gasteiger partial charge in [0.25, 0.3) is 5.91 Å². The zero-order valence-electron chi connectivity index (χ0n) is 16.3. The van der Waals surface area contributed by atoms with Gasteiger partial charge in [0.05, 0.1) is 41.7 Å². The van der Waals surface area contributed by atoms with Crippen LogP contribution < -0.4 is 5.01 Å². The molecule has 0 fully saturated rings. The van der Waals surface area contributed by atoms with Crippen LogP contribution in [0.2, 0.25) is 0 Å². The molecule has 3 aromatic rings. The van der Waals surface area contributed by atoms with Gasteiger partial charge in [0.2, 0.25) is 0 Å². The van der Waals surface area contributed by atoms with Gasteiger partial charge in [-0.15, -0.1) is 0 Å². The first-order chi connectivity index (χ1) is 14.6. The lowest BCUT2D eigenvalue weighted by atomic mass is 10.0. The fraction of sp³-hybridized carbons (Fsp3) is 0.130. The molecule has 2 aromatic carbocycles. The number of nitrogens with zero attached hydrogens (tertiary/aromatic N) is 5. The van der Waals surface area contributed by atoms with Crippen molar-refractivity contribution in [3.63, 3.8) is 0 Å². The summed E-state index contributed by atoms with van der Waals surface area (Å²) in [6.45, 7) is 2.31. The highest BCUT2D eigenvalue weighted by atomic mass is 79.9. The molecule has 0 bridgehead atoms. The van der Waals surface area contributed by atoms with Crippen molar-refractivity contribution < 1.29 is 4.79 Å². The Morgan fingerprint density at radius 2 is 1.87 bits per heavy atom. The Labute approximate surface area is 182 Å². The second kappa shape index (κ2) is 8.47. The summed E-state index contributed by atoms with van der Waals surface area (Å²) < 4.78 is 2.72. The predicted molar refractivity (Wildman–Crippen MR) is 121 cm³/mol. The zero-order chi connectivity index (χ0) is 21.1. The van der Waals surface area contributed by atoms with Crippen LogP contribution in [0, 0.1) is 11.3 Å². The topological polar surface area (TPSA) is 74.3 Å². The molecule has 1 aromatic heterocycles. The molecule has 6 nitrogen and oxygen atoms in total. The van der Waals surface area contributed by atoms with Crippen LogP contribution in [0.4, 0.5) is 5.69 Å². The first-order valence-electron chi connectivity index (χ1n) is 9.44. The van der Waals surface area contributed by atoms with Crippen molar-refractivity contribution in [2.24, 2.45) is 5.10 Å². The van der Waals surface area contributed by atoms with Gasteiger partial charge in [0, 0.05) is 21.8 Å². The monoisotopic (exact) mass is 459 g/mol. The molecule has 7 heteroatoms. The largest absolute Gasteiger partial charge is 0.280 e. The number of aryl methyl sites for hydroxylation is 1. The van der Waals surface area contributed by atoms with E-state index in [0.29, 0.717) is 24.3 Å². The number of carbonyl (C=O) groups excluding carboxylic acids is 1. The van der Waals surface area contributed by atoms with E-state index in [4.69, 9.17) is 5.26 Å². The minimum Gasteiger partial charge on any atom is -0.270 e. The third-order valence-corrected chi connectivity index (χ3v) is 5.25. The predicted octanol–water partition coefficient (Wildman–Crippen LogP) is 5.03. The van der Waals surface area contributed by atoms with E-state index in [2.05, 4.69) is 32.2 Å². The molecule has 0 spiro atoms. The molecule has 0 saturated carbocycles. The van der Waals surface area contributed by atoms with E-state index in [0.717, 1.165) is 27.0 Å². The number of anilines is 1. The smallest absolute Gasteiger partial charge is 0.270 e. The standard InChI is InChI=1S/C23H18BrN5O/c1-16-21(23(30)29(26-16)20-6-3-2-4-7-20)14-18-15-28(13-5-12-25)27-22(18)17-8-10-19(24)11-9-17/h2-4,6-11,14-15H,5,13H2,1H3/b21-14+. The van der Waals surface area contributed by atoms with Gasteiger partial charge in [0.1, 0.15) is 0 Å². The molecular weight excluding hydrogens is 442 g/mol. The van der Waals surface area contributed by atoms with Gasteiger partial charge in [0.15, 0.2) is 0 Å². The summed E-state index contributed by atoms with van der Waals surface area (Å²) in [7, 11) is 0. The maximum absolute atomic E-state index is 13.1. The Balaban J connectivity index is 1.74. The third-order valence-electron chi connectivity index (χ3n) is 4.72. The van der Waals surface area contributed by atoms with E-state index < -0.39 is 0 Å². The minimum atomic E-state index is -0.176. The van der Waals surface area contributed by atoms with Crippen molar-refractivity contribution in [3.05, 3.63) is 76.4 Å². The van der Waals surface area contributed by atoms with Crippen LogP contribution in [0.5, 0.6) is 0 Å². The number of carbonyl (C=O) groups is 1. The van der Waals surface area contributed by atoms with Gasteiger partial charge in [-0.05, 0) is 37.3 Å². The second-order valence-corrected chi connectivity index (χ2v) is 7.72. The Bertz CT molecular complexity index is 1190. The number of para-hydroxylation sites is 1. The Kier molecular flexibility index (Phi) is 5.59. The molecule has 0 atom stereocenters. The fourth-order valence-corrected chi connectivity index (χ4v) is 3.50. The number of hydrogen-bond acceptors (Lipinski definition) is 4. The fourth-order valence-electron chi connectivity index (χ4n) is 3.24. The summed E-state index contributed by atoms with van der Waals surface area (Å²) in [5.74, 6) is -0.176. The Morgan fingerprint density at radius 1 is 1.13 bits per heavy atom. The summed E-state index contributed by atoms with van der Waals surface area (Å²) in [5.41, 5.74) is 4.39. The molecule has 0 aliphatic carbocycles. The number of hydrogen-bond donors (Lipinski definition) is 0. The van der Waals surface area contributed by atoms with Crippen molar-refractivity contribution in [2.75, 3.05) is 5.01 Å². The number of benzene rings is 2. The van der Waals surface area contributed by atoms with Gasteiger partial charge in [-0.1, -0.05) is 46.3 Å². The second-order valence-electron chi connectivity index (χ2n) is 6.81. The van der Waals surface area contributed by atoms with Gasteiger partial charge >= 0.3 is 0 Å². The number of amides is 1. The van der Waals surface area contributed by atoms with E-state index in [1.165, 1.54) is 5.01 Å². The molecule has 1 aliphatic rings. The average molecular weight is 460 g/mol.